The third-order valence-corrected chi connectivity index (χ3v) is 3.15. The zero-order valence-electron chi connectivity index (χ0n) is 10.1. The summed E-state index contributed by atoms with van der Waals surface area (Å²) in [4.78, 5) is 0. The summed E-state index contributed by atoms with van der Waals surface area (Å²) in [5, 5.41) is 10.1. The van der Waals surface area contributed by atoms with Crippen LogP contribution in [-0.2, 0) is 0 Å². The molecule has 0 radical (unpaired) electrons. The minimum atomic E-state index is 0.328. The van der Waals surface area contributed by atoms with E-state index in [2.05, 4.69) is 19.9 Å². The van der Waals surface area contributed by atoms with E-state index < -0.39 is 0 Å². The normalized spacial score (nSPS) is 12.9. The van der Waals surface area contributed by atoms with E-state index in [4.69, 9.17) is 5.73 Å². The molecule has 2 nitrogen and oxygen atoms in total. The number of phenolic OH excluding ortho intramolecular Hbond substituents is 1. The van der Waals surface area contributed by atoms with Crippen molar-refractivity contribution in [2.45, 2.75) is 40.0 Å². The number of hydrogen-bond donors (Lipinski definition) is 2. The first kappa shape index (κ1) is 12.1. The number of phenols is 1. The summed E-state index contributed by atoms with van der Waals surface area (Å²) in [5.41, 5.74) is 9.91. The van der Waals surface area contributed by atoms with Gasteiger partial charge in [-0.1, -0.05) is 13.0 Å². The quantitative estimate of drug-likeness (QED) is 0.800. The van der Waals surface area contributed by atoms with Gasteiger partial charge in [-0.15, -0.1) is 0 Å². The summed E-state index contributed by atoms with van der Waals surface area (Å²) in [6.07, 6.45) is 0.914. The summed E-state index contributed by atoms with van der Waals surface area (Å²) >= 11 is 0. The van der Waals surface area contributed by atoms with Gasteiger partial charge in [-0.2, -0.15) is 0 Å². The molecule has 0 aliphatic heterocycles. The topological polar surface area (TPSA) is 46.2 Å². The molecule has 0 aromatic heterocycles. The van der Waals surface area contributed by atoms with E-state index in [1.54, 1.807) is 0 Å². The van der Waals surface area contributed by atoms with Gasteiger partial charge >= 0.3 is 0 Å². The van der Waals surface area contributed by atoms with Gasteiger partial charge in [-0.25, -0.2) is 0 Å². The Morgan fingerprint density at radius 3 is 2.40 bits per heavy atom. The van der Waals surface area contributed by atoms with Crippen LogP contribution in [0.1, 0.15) is 41.5 Å². The molecule has 15 heavy (non-hydrogen) atoms. The molecule has 0 bridgehead atoms. The Bertz CT molecular complexity index is 358. The van der Waals surface area contributed by atoms with Crippen molar-refractivity contribution < 1.29 is 5.11 Å². The Kier molecular flexibility index (Phi) is 3.75. The minimum Gasteiger partial charge on any atom is -0.507 e. The standard InChI is InChI=1S/C13H21NO/c1-8(5-6-14)12-10(3)7-9(2)11(4)13(12)15/h7-8,15H,5-6,14H2,1-4H3. The molecule has 0 spiro atoms. The van der Waals surface area contributed by atoms with E-state index >= 15 is 0 Å². The van der Waals surface area contributed by atoms with Crippen LogP contribution in [0, 0.1) is 20.8 Å². The van der Waals surface area contributed by atoms with Crippen LogP contribution in [0.15, 0.2) is 6.07 Å². The number of nitrogens with two attached hydrogens (primary N) is 1. The second kappa shape index (κ2) is 4.67. The lowest BCUT2D eigenvalue weighted by Gasteiger charge is -2.18. The lowest BCUT2D eigenvalue weighted by Crippen LogP contribution is -2.07. The lowest BCUT2D eigenvalue weighted by molar-refractivity contribution is 0.455. The lowest BCUT2D eigenvalue weighted by atomic mass is 9.89. The Hall–Kier alpha value is -1.02. The van der Waals surface area contributed by atoms with Crippen LogP contribution in [0.25, 0.3) is 0 Å². The first-order chi connectivity index (χ1) is 6.99. The molecule has 0 fully saturated rings. The van der Waals surface area contributed by atoms with Crippen LogP contribution in [0.5, 0.6) is 5.75 Å². The van der Waals surface area contributed by atoms with Gasteiger partial charge in [0.25, 0.3) is 0 Å². The maximum absolute atomic E-state index is 10.1. The maximum atomic E-state index is 10.1. The smallest absolute Gasteiger partial charge is 0.122 e. The molecule has 0 saturated heterocycles. The molecule has 84 valence electrons. The predicted octanol–water partition coefficient (Wildman–Crippen LogP) is 2.77. The Labute approximate surface area is 92.1 Å². The fourth-order valence-electron chi connectivity index (χ4n) is 2.10. The second-order valence-corrected chi connectivity index (χ2v) is 4.38. The third-order valence-electron chi connectivity index (χ3n) is 3.15. The van der Waals surface area contributed by atoms with Crippen LogP contribution in [-0.4, -0.2) is 11.7 Å². The van der Waals surface area contributed by atoms with Gasteiger partial charge < -0.3 is 10.8 Å². The SMILES string of the molecule is Cc1cc(C)c(C(C)CCN)c(O)c1C. The third kappa shape index (κ3) is 2.32. The number of benzene rings is 1. The Morgan fingerprint density at radius 2 is 1.87 bits per heavy atom. The number of hydrogen-bond acceptors (Lipinski definition) is 2. The van der Waals surface area contributed by atoms with Gasteiger partial charge in [0.2, 0.25) is 0 Å². The first-order valence-corrected chi connectivity index (χ1v) is 5.48. The van der Waals surface area contributed by atoms with Crippen molar-refractivity contribution in [2.24, 2.45) is 5.73 Å². The highest BCUT2D eigenvalue weighted by molar-refractivity contribution is 5.50. The molecule has 0 heterocycles. The van der Waals surface area contributed by atoms with Gasteiger partial charge in [-0.3, -0.25) is 0 Å². The van der Waals surface area contributed by atoms with Gasteiger partial charge in [0.15, 0.2) is 0 Å². The van der Waals surface area contributed by atoms with Crippen molar-refractivity contribution in [1.82, 2.24) is 0 Å². The molecule has 0 amide bonds. The summed E-state index contributed by atoms with van der Waals surface area (Å²) in [5.74, 6) is 0.780. The van der Waals surface area contributed by atoms with Crippen LogP contribution in [0.4, 0.5) is 0 Å². The fraction of sp³-hybridized carbons (Fsp3) is 0.538. The molecule has 0 aliphatic carbocycles. The van der Waals surface area contributed by atoms with Crippen molar-refractivity contribution in [3.05, 3.63) is 28.3 Å². The van der Waals surface area contributed by atoms with Crippen molar-refractivity contribution in [3.8, 4) is 5.75 Å². The van der Waals surface area contributed by atoms with Crippen molar-refractivity contribution in [3.63, 3.8) is 0 Å². The van der Waals surface area contributed by atoms with Gasteiger partial charge in [0, 0.05) is 0 Å². The van der Waals surface area contributed by atoms with Crippen molar-refractivity contribution in [1.29, 1.82) is 0 Å². The highest BCUT2D eigenvalue weighted by Crippen LogP contribution is 2.35. The summed E-state index contributed by atoms with van der Waals surface area (Å²) in [6.45, 7) is 8.81. The molecule has 2 heteroatoms. The van der Waals surface area contributed by atoms with Crippen LogP contribution >= 0.6 is 0 Å². The van der Waals surface area contributed by atoms with E-state index in [1.165, 1.54) is 0 Å². The maximum Gasteiger partial charge on any atom is 0.122 e. The molecule has 1 rings (SSSR count). The molecule has 1 atom stereocenters. The number of aryl methyl sites for hydroxylation is 2. The van der Waals surface area contributed by atoms with E-state index in [-0.39, 0.29) is 0 Å². The number of aromatic hydroxyl groups is 1. The van der Waals surface area contributed by atoms with Gasteiger partial charge in [0.1, 0.15) is 5.75 Å². The fourth-order valence-corrected chi connectivity index (χ4v) is 2.10. The molecule has 1 unspecified atom stereocenters. The average Bonchev–Trinajstić information content (AvgIpc) is 2.15. The van der Waals surface area contributed by atoms with Crippen LogP contribution in [0.2, 0.25) is 0 Å². The predicted molar refractivity (Wildman–Crippen MR) is 64.4 cm³/mol. The van der Waals surface area contributed by atoms with E-state index in [1.807, 2.05) is 13.8 Å². The molecule has 0 saturated carbocycles. The zero-order chi connectivity index (χ0) is 11.6. The van der Waals surface area contributed by atoms with Gasteiger partial charge in [0.05, 0.1) is 0 Å². The molecular formula is C13H21NO. The second-order valence-electron chi connectivity index (χ2n) is 4.38. The zero-order valence-corrected chi connectivity index (χ0v) is 10.1. The van der Waals surface area contributed by atoms with Crippen molar-refractivity contribution >= 4 is 0 Å². The highest BCUT2D eigenvalue weighted by Gasteiger charge is 2.15. The highest BCUT2D eigenvalue weighted by atomic mass is 16.3. The monoisotopic (exact) mass is 207 g/mol. The summed E-state index contributed by atoms with van der Waals surface area (Å²) < 4.78 is 0. The molecule has 0 aliphatic rings. The Morgan fingerprint density at radius 1 is 1.27 bits per heavy atom. The molecular weight excluding hydrogens is 186 g/mol. The summed E-state index contributed by atoms with van der Waals surface area (Å²) in [6, 6.07) is 2.14. The van der Waals surface area contributed by atoms with Crippen molar-refractivity contribution in [2.75, 3.05) is 6.54 Å². The van der Waals surface area contributed by atoms with Gasteiger partial charge in [-0.05, 0) is 61.9 Å². The summed E-state index contributed by atoms with van der Waals surface area (Å²) in [7, 11) is 0. The largest absolute Gasteiger partial charge is 0.507 e. The van der Waals surface area contributed by atoms with E-state index in [0.29, 0.717) is 18.2 Å². The van der Waals surface area contributed by atoms with E-state index in [0.717, 1.165) is 28.7 Å². The molecule has 3 N–H and O–H groups in total. The van der Waals surface area contributed by atoms with E-state index in [9.17, 15) is 5.11 Å². The number of rotatable bonds is 3. The molecule has 1 aromatic rings. The minimum absolute atomic E-state index is 0.328. The van der Waals surface area contributed by atoms with Crippen LogP contribution in [0.3, 0.4) is 0 Å². The Balaban J connectivity index is 3.23. The first-order valence-electron chi connectivity index (χ1n) is 5.48. The average molecular weight is 207 g/mol. The molecule has 1 aromatic carbocycles. The van der Waals surface area contributed by atoms with Crippen LogP contribution < -0.4 is 5.73 Å².